The third kappa shape index (κ3) is 4.18. The van der Waals surface area contributed by atoms with Gasteiger partial charge in [-0.05, 0) is 35.9 Å². The van der Waals surface area contributed by atoms with Gasteiger partial charge in [-0.25, -0.2) is 4.39 Å². The molecule has 0 radical (unpaired) electrons. The summed E-state index contributed by atoms with van der Waals surface area (Å²) in [6.07, 6.45) is 3.26. The van der Waals surface area contributed by atoms with Gasteiger partial charge in [-0.3, -0.25) is 4.79 Å². The number of amides is 1. The summed E-state index contributed by atoms with van der Waals surface area (Å²) in [7, 11) is 1.67. The quantitative estimate of drug-likeness (QED) is 0.802. The van der Waals surface area contributed by atoms with E-state index in [2.05, 4.69) is 4.90 Å². The molecule has 5 heteroatoms. The maximum atomic E-state index is 12.9. The van der Waals surface area contributed by atoms with E-state index in [1.807, 2.05) is 29.2 Å². The molecule has 1 fully saturated rings. The van der Waals surface area contributed by atoms with Crippen LogP contribution in [0.2, 0.25) is 0 Å². The normalized spacial score (nSPS) is 14.8. The maximum absolute atomic E-state index is 12.9. The van der Waals surface area contributed by atoms with Crippen molar-refractivity contribution in [2.45, 2.75) is 0 Å². The Morgan fingerprint density at radius 1 is 1.04 bits per heavy atom. The van der Waals surface area contributed by atoms with Crippen LogP contribution in [0.5, 0.6) is 5.75 Å². The fraction of sp³-hybridized carbons (Fsp3) is 0.250. The second-order valence-corrected chi connectivity index (χ2v) is 5.87. The van der Waals surface area contributed by atoms with Crippen LogP contribution in [0.3, 0.4) is 0 Å². The van der Waals surface area contributed by atoms with Crippen molar-refractivity contribution < 1.29 is 13.9 Å². The van der Waals surface area contributed by atoms with Gasteiger partial charge in [-0.15, -0.1) is 0 Å². The molecule has 2 aromatic carbocycles. The van der Waals surface area contributed by atoms with E-state index in [0.717, 1.165) is 30.1 Å². The average Bonchev–Trinajstić information content (AvgIpc) is 2.67. The van der Waals surface area contributed by atoms with Gasteiger partial charge < -0.3 is 14.5 Å². The molecule has 0 aliphatic carbocycles. The highest BCUT2D eigenvalue weighted by atomic mass is 19.1. The van der Waals surface area contributed by atoms with E-state index in [-0.39, 0.29) is 11.7 Å². The predicted octanol–water partition coefficient (Wildman–Crippen LogP) is 3.20. The topological polar surface area (TPSA) is 32.8 Å². The number of benzene rings is 2. The Hall–Kier alpha value is -2.82. The summed E-state index contributed by atoms with van der Waals surface area (Å²) in [6.45, 7) is 2.84. The lowest BCUT2D eigenvalue weighted by atomic mass is 10.2. The van der Waals surface area contributed by atoms with Gasteiger partial charge in [0, 0.05) is 32.3 Å². The Morgan fingerprint density at radius 2 is 1.72 bits per heavy atom. The molecule has 1 aliphatic heterocycles. The molecule has 0 bridgehead atoms. The Bertz CT molecular complexity index is 751. The van der Waals surface area contributed by atoms with Crippen LogP contribution in [-0.2, 0) is 4.79 Å². The number of para-hydroxylation sites is 2. The molecule has 4 nitrogen and oxygen atoms in total. The summed E-state index contributed by atoms with van der Waals surface area (Å²) in [6, 6.07) is 14.0. The van der Waals surface area contributed by atoms with Crippen LogP contribution in [-0.4, -0.2) is 44.1 Å². The standard InChI is InChI=1S/C20H21FN2O2/c1-25-19-5-3-2-4-18(19)22-12-14-23(15-13-22)20(24)11-8-16-6-9-17(21)10-7-16/h2-11H,12-15H2,1H3/b11-8+. The zero-order chi connectivity index (χ0) is 17.6. The van der Waals surface area contributed by atoms with Crippen LogP contribution in [0.15, 0.2) is 54.6 Å². The number of anilines is 1. The fourth-order valence-corrected chi connectivity index (χ4v) is 2.91. The molecule has 130 valence electrons. The highest BCUT2D eigenvalue weighted by Crippen LogP contribution is 2.28. The number of hydrogen-bond acceptors (Lipinski definition) is 3. The molecule has 2 aromatic rings. The van der Waals surface area contributed by atoms with E-state index in [1.165, 1.54) is 12.1 Å². The van der Waals surface area contributed by atoms with Gasteiger partial charge in [0.25, 0.3) is 0 Å². The first-order chi connectivity index (χ1) is 12.2. The van der Waals surface area contributed by atoms with Gasteiger partial charge in [0.15, 0.2) is 0 Å². The molecule has 3 rings (SSSR count). The van der Waals surface area contributed by atoms with Crippen molar-refractivity contribution in [1.82, 2.24) is 4.90 Å². The predicted molar refractivity (Wildman–Crippen MR) is 97.2 cm³/mol. The lowest BCUT2D eigenvalue weighted by Gasteiger charge is -2.36. The first-order valence-electron chi connectivity index (χ1n) is 8.28. The molecule has 25 heavy (non-hydrogen) atoms. The monoisotopic (exact) mass is 340 g/mol. The molecule has 0 saturated carbocycles. The maximum Gasteiger partial charge on any atom is 0.246 e. The first-order valence-corrected chi connectivity index (χ1v) is 8.28. The van der Waals surface area contributed by atoms with Crippen LogP contribution in [0.4, 0.5) is 10.1 Å². The molecule has 0 spiro atoms. The summed E-state index contributed by atoms with van der Waals surface area (Å²) in [5.41, 5.74) is 1.86. The Labute approximate surface area is 147 Å². The van der Waals surface area contributed by atoms with Crippen molar-refractivity contribution in [2.75, 3.05) is 38.2 Å². The van der Waals surface area contributed by atoms with Crippen LogP contribution in [0.25, 0.3) is 6.08 Å². The van der Waals surface area contributed by atoms with Gasteiger partial charge in [-0.1, -0.05) is 24.3 Å². The van der Waals surface area contributed by atoms with Crippen molar-refractivity contribution in [2.24, 2.45) is 0 Å². The smallest absolute Gasteiger partial charge is 0.246 e. The van der Waals surface area contributed by atoms with Crippen molar-refractivity contribution >= 4 is 17.7 Å². The largest absolute Gasteiger partial charge is 0.495 e. The van der Waals surface area contributed by atoms with Crippen molar-refractivity contribution in [3.63, 3.8) is 0 Å². The van der Waals surface area contributed by atoms with E-state index in [9.17, 15) is 9.18 Å². The number of methoxy groups -OCH3 is 1. The number of carbonyl (C=O) groups excluding carboxylic acids is 1. The summed E-state index contributed by atoms with van der Waals surface area (Å²) >= 11 is 0. The Balaban J connectivity index is 1.58. The highest BCUT2D eigenvalue weighted by molar-refractivity contribution is 5.92. The average molecular weight is 340 g/mol. The van der Waals surface area contributed by atoms with Crippen molar-refractivity contribution in [1.29, 1.82) is 0 Å². The number of rotatable bonds is 4. The number of carbonyl (C=O) groups is 1. The minimum absolute atomic E-state index is 0.0241. The third-order valence-corrected chi connectivity index (χ3v) is 4.31. The number of ether oxygens (including phenoxy) is 1. The zero-order valence-corrected chi connectivity index (χ0v) is 14.2. The number of hydrogen-bond donors (Lipinski definition) is 0. The number of piperazine rings is 1. The molecular weight excluding hydrogens is 319 g/mol. The molecule has 0 aromatic heterocycles. The molecular formula is C20H21FN2O2. The lowest BCUT2D eigenvalue weighted by molar-refractivity contribution is -0.126. The van der Waals surface area contributed by atoms with E-state index < -0.39 is 0 Å². The highest BCUT2D eigenvalue weighted by Gasteiger charge is 2.21. The summed E-state index contributed by atoms with van der Waals surface area (Å²) in [5.74, 6) is 0.540. The first kappa shape index (κ1) is 17.0. The number of halogens is 1. The lowest BCUT2D eigenvalue weighted by Crippen LogP contribution is -2.48. The molecule has 0 unspecified atom stereocenters. The zero-order valence-electron chi connectivity index (χ0n) is 14.2. The van der Waals surface area contributed by atoms with Gasteiger partial charge in [0.1, 0.15) is 11.6 Å². The summed E-state index contributed by atoms with van der Waals surface area (Å²) in [4.78, 5) is 16.4. The minimum Gasteiger partial charge on any atom is -0.495 e. The van der Waals surface area contributed by atoms with E-state index in [1.54, 1.807) is 31.4 Å². The third-order valence-electron chi connectivity index (χ3n) is 4.31. The Morgan fingerprint density at radius 3 is 2.40 bits per heavy atom. The second-order valence-electron chi connectivity index (χ2n) is 5.87. The molecule has 1 aliphatic rings. The van der Waals surface area contributed by atoms with Crippen LogP contribution < -0.4 is 9.64 Å². The second kappa shape index (κ2) is 7.83. The van der Waals surface area contributed by atoms with Crippen molar-refractivity contribution in [3.05, 3.63) is 66.0 Å². The fourth-order valence-electron chi connectivity index (χ4n) is 2.91. The van der Waals surface area contributed by atoms with Crippen LogP contribution in [0, 0.1) is 5.82 Å². The molecule has 0 atom stereocenters. The molecule has 1 heterocycles. The SMILES string of the molecule is COc1ccccc1N1CCN(C(=O)/C=C/c2ccc(F)cc2)CC1. The van der Waals surface area contributed by atoms with Crippen LogP contribution in [0.1, 0.15) is 5.56 Å². The molecule has 1 amide bonds. The van der Waals surface area contributed by atoms with Crippen molar-refractivity contribution in [3.8, 4) is 5.75 Å². The van der Waals surface area contributed by atoms with E-state index in [4.69, 9.17) is 4.74 Å². The molecule has 0 N–H and O–H groups in total. The van der Waals surface area contributed by atoms with Gasteiger partial charge >= 0.3 is 0 Å². The van der Waals surface area contributed by atoms with Gasteiger partial charge in [-0.2, -0.15) is 0 Å². The van der Waals surface area contributed by atoms with Gasteiger partial charge in [0.05, 0.1) is 12.8 Å². The summed E-state index contributed by atoms with van der Waals surface area (Å²) in [5, 5.41) is 0. The van der Waals surface area contributed by atoms with E-state index >= 15 is 0 Å². The number of nitrogens with zero attached hydrogens (tertiary/aromatic N) is 2. The van der Waals surface area contributed by atoms with Gasteiger partial charge in [0.2, 0.25) is 5.91 Å². The molecule has 1 saturated heterocycles. The van der Waals surface area contributed by atoms with Crippen LogP contribution >= 0.6 is 0 Å². The summed E-state index contributed by atoms with van der Waals surface area (Å²) < 4.78 is 18.3. The minimum atomic E-state index is -0.282. The Kier molecular flexibility index (Phi) is 5.33. The van der Waals surface area contributed by atoms with E-state index in [0.29, 0.717) is 13.1 Å².